The fourth-order valence-corrected chi connectivity index (χ4v) is 3.54. The number of hydrogen-bond donors (Lipinski definition) is 0. The minimum absolute atomic E-state index is 0.228. The van der Waals surface area contributed by atoms with E-state index in [2.05, 4.69) is 28.5 Å². The number of rotatable bonds is 4. The van der Waals surface area contributed by atoms with Crippen LogP contribution in [0, 0.1) is 0 Å². The predicted octanol–water partition coefficient (Wildman–Crippen LogP) is 3.71. The lowest BCUT2D eigenvalue weighted by Gasteiger charge is -2.26. The Bertz CT molecular complexity index is 971. The van der Waals surface area contributed by atoms with Gasteiger partial charge >= 0.3 is 0 Å². The van der Waals surface area contributed by atoms with Gasteiger partial charge in [-0.05, 0) is 45.2 Å². The van der Waals surface area contributed by atoms with Gasteiger partial charge in [0.2, 0.25) is 0 Å². The van der Waals surface area contributed by atoms with E-state index in [1.165, 1.54) is 6.42 Å². The summed E-state index contributed by atoms with van der Waals surface area (Å²) in [4.78, 5) is 9.29. The molecule has 1 fully saturated rings. The first-order chi connectivity index (χ1) is 13.2. The predicted molar refractivity (Wildman–Crippen MR) is 101 cm³/mol. The largest absolute Gasteiger partial charge is 0.491 e. The van der Waals surface area contributed by atoms with Crippen molar-refractivity contribution in [3.63, 3.8) is 0 Å². The zero-order chi connectivity index (χ0) is 18.4. The lowest BCUT2D eigenvalue weighted by molar-refractivity contribution is 0.120. The number of aromatic nitrogens is 5. The molecule has 2 aliphatic rings. The SMILES string of the molecule is CC(C)n1ncnc1-c1cn2c(n1)-c1ccc(OC3CCC3)cc1OCC2. The average Bonchev–Trinajstić information content (AvgIpc) is 3.22. The van der Waals surface area contributed by atoms with Gasteiger partial charge in [0.25, 0.3) is 0 Å². The highest BCUT2D eigenvalue weighted by molar-refractivity contribution is 5.69. The van der Waals surface area contributed by atoms with Crippen LogP contribution < -0.4 is 9.47 Å². The molecule has 3 aromatic rings. The van der Waals surface area contributed by atoms with Crippen molar-refractivity contribution < 1.29 is 9.47 Å². The monoisotopic (exact) mass is 365 g/mol. The first-order valence-electron chi connectivity index (χ1n) is 9.60. The van der Waals surface area contributed by atoms with Crippen molar-refractivity contribution in [2.75, 3.05) is 6.61 Å². The average molecular weight is 365 g/mol. The van der Waals surface area contributed by atoms with Gasteiger partial charge in [0, 0.05) is 18.3 Å². The van der Waals surface area contributed by atoms with Crippen LogP contribution in [0.4, 0.5) is 0 Å². The van der Waals surface area contributed by atoms with Crippen molar-refractivity contribution in [3.05, 3.63) is 30.7 Å². The molecule has 0 unspecified atom stereocenters. The summed E-state index contributed by atoms with van der Waals surface area (Å²) in [6.07, 6.45) is 7.51. The molecule has 1 aliphatic heterocycles. The summed E-state index contributed by atoms with van der Waals surface area (Å²) in [5.74, 6) is 3.38. The summed E-state index contributed by atoms with van der Waals surface area (Å²) < 4.78 is 16.0. The molecule has 1 aliphatic carbocycles. The number of ether oxygens (including phenoxy) is 2. The third-order valence-electron chi connectivity index (χ3n) is 5.21. The maximum absolute atomic E-state index is 6.02. The van der Waals surface area contributed by atoms with Gasteiger partial charge in [-0.1, -0.05) is 0 Å². The lowest BCUT2D eigenvalue weighted by Crippen LogP contribution is -2.24. The topological polar surface area (TPSA) is 67.0 Å². The van der Waals surface area contributed by atoms with E-state index in [0.29, 0.717) is 12.7 Å². The second kappa shape index (κ2) is 6.40. The summed E-state index contributed by atoms with van der Waals surface area (Å²) in [6, 6.07) is 6.28. The molecule has 1 saturated carbocycles. The molecule has 0 N–H and O–H groups in total. The van der Waals surface area contributed by atoms with Gasteiger partial charge in [-0.2, -0.15) is 5.10 Å². The highest BCUT2D eigenvalue weighted by Crippen LogP contribution is 2.37. The molecular weight excluding hydrogens is 342 g/mol. The molecule has 0 atom stereocenters. The van der Waals surface area contributed by atoms with Crippen molar-refractivity contribution in [2.45, 2.75) is 51.8 Å². The smallest absolute Gasteiger partial charge is 0.178 e. The van der Waals surface area contributed by atoms with E-state index in [0.717, 1.165) is 53.8 Å². The van der Waals surface area contributed by atoms with E-state index in [4.69, 9.17) is 14.5 Å². The minimum Gasteiger partial charge on any atom is -0.491 e. The summed E-state index contributed by atoms with van der Waals surface area (Å²) in [5, 5.41) is 4.33. The van der Waals surface area contributed by atoms with Crippen molar-refractivity contribution in [1.82, 2.24) is 24.3 Å². The first-order valence-corrected chi connectivity index (χ1v) is 9.60. The Kier molecular flexibility index (Phi) is 3.88. The van der Waals surface area contributed by atoms with Gasteiger partial charge in [0.15, 0.2) is 5.82 Å². The van der Waals surface area contributed by atoms with Gasteiger partial charge in [-0.3, -0.25) is 0 Å². The minimum atomic E-state index is 0.228. The van der Waals surface area contributed by atoms with E-state index in [-0.39, 0.29) is 6.04 Å². The zero-order valence-electron chi connectivity index (χ0n) is 15.6. The number of fused-ring (bicyclic) bond motifs is 3. The fraction of sp³-hybridized carbons (Fsp3) is 0.450. The maximum Gasteiger partial charge on any atom is 0.178 e. The van der Waals surface area contributed by atoms with E-state index >= 15 is 0 Å². The van der Waals surface area contributed by atoms with Gasteiger partial charge in [-0.25, -0.2) is 14.6 Å². The van der Waals surface area contributed by atoms with Crippen LogP contribution in [0.3, 0.4) is 0 Å². The van der Waals surface area contributed by atoms with Crippen LogP contribution in [0.2, 0.25) is 0 Å². The van der Waals surface area contributed by atoms with Crippen LogP contribution >= 0.6 is 0 Å². The molecule has 0 bridgehead atoms. The molecule has 3 heterocycles. The Morgan fingerprint density at radius 1 is 1.22 bits per heavy atom. The van der Waals surface area contributed by atoms with Crippen LogP contribution in [0.25, 0.3) is 22.9 Å². The maximum atomic E-state index is 6.02. The Morgan fingerprint density at radius 3 is 2.89 bits per heavy atom. The molecule has 0 saturated heterocycles. The molecule has 140 valence electrons. The first kappa shape index (κ1) is 16.4. The second-order valence-electron chi connectivity index (χ2n) is 7.44. The van der Waals surface area contributed by atoms with Gasteiger partial charge in [0.05, 0.1) is 18.2 Å². The number of imidazole rings is 1. The Balaban J connectivity index is 1.52. The number of nitrogens with zero attached hydrogens (tertiary/aromatic N) is 5. The third-order valence-corrected chi connectivity index (χ3v) is 5.21. The van der Waals surface area contributed by atoms with Gasteiger partial charge in [-0.15, -0.1) is 0 Å². The highest BCUT2D eigenvalue weighted by atomic mass is 16.5. The molecule has 2 aromatic heterocycles. The molecule has 7 heteroatoms. The molecule has 5 rings (SSSR count). The van der Waals surface area contributed by atoms with E-state index < -0.39 is 0 Å². The van der Waals surface area contributed by atoms with E-state index in [1.807, 2.05) is 29.1 Å². The fourth-order valence-electron chi connectivity index (χ4n) is 3.54. The van der Waals surface area contributed by atoms with Crippen LogP contribution in [0.15, 0.2) is 30.7 Å². The second-order valence-corrected chi connectivity index (χ2v) is 7.44. The summed E-state index contributed by atoms with van der Waals surface area (Å²) in [5.41, 5.74) is 1.81. The summed E-state index contributed by atoms with van der Waals surface area (Å²) >= 11 is 0. The van der Waals surface area contributed by atoms with Gasteiger partial charge < -0.3 is 14.0 Å². The van der Waals surface area contributed by atoms with Crippen molar-refractivity contribution >= 4 is 0 Å². The van der Waals surface area contributed by atoms with Crippen LogP contribution in [-0.2, 0) is 6.54 Å². The Hall–Kier alpha value is -2.83. The number of benzene rings is 1. The van der Waals surface area contributed by atoms with Crippen LogP contribution in [-0.4, -0.2) is 37.0 Å². The summed E-state index contributed by atoms with van der Waals surface area (Å²) in [7, 11) is 0. The molecule has 7 nitrogen and oxygen atoms in total. The van der Waals surface area contributed by atoms with Crippen LogP contribution in [0.5, 0.6) is 11.5 Å². The van der Waals surface area contributed by atoms with Crippen LogP contribution in [0.1, 0.15) is 39.2 Å². The van der Waals surface area contributed by atoms with E-state index in [1.54, 1.807) is 6.33 Å². The highest BCUT2D eigenvalue weighted by Gasteiger charge is 2.23. The molecule has 0 spiro atoms. The van der Waals surface area contributed by atoms with Gasteiger partial charge in [0.1, 0.15) is 36.0 Å². The normalized spacial score (nSPS) is 16.3. The Labute approximate surface area is 158 Å². The van der Waals surface area contributed by atoms with Crippen molar-refractivity contribution in [1.29, 1.82) is 0 Å². The van der Waals surface area contributed by atoms with E-state index in [9.17, 15) is 0 Å². The zero-order valence-corrected chi connectivity index (χ0v) is 15.6. The molecular formula is C20H23N5O2. The molecule has 0 radical (unpaired) electrons. The summed E-state index contributed by atoms with van der Waals surface area (Å²) in [6.45, 7) is 5.52. The standard InChI is InChI=1S/C20H23N5O2/c1-13(2)25-20(21-12-22-25)17-11-24-8-9-26-18-10-15(27-14-4-3-5-14)6-7-16(18)19(24)23-17/h6-7,10-14H,3-5,8-9H2,1-2H3. The van der Waals surface area contributed by atoms with Crippen molar-refractivity contribution in [2.24, 2.45) is 0 Å². The molecule has 27 heavy (non-hydrogen) atoms. The van der Waals surface area contributed by atoms with Crippen molar-refractivity contribution in [3.8, 4) is 34.4 Å². The quantitative estimate of drug-likeness (QED) is 0.705. The Morgan fingerprint density at radius 2 is 2.11 bits per heavy atom. The number of hydrogen-bond acceptors (Lipinski definition) is 5. The third kappa shape index (κ3) is 2.87. The lowest BCUT2D eigenvalue weighted by atomic mass is 9.96. The molecule has 0 amide bonds. The molecule has 1 aromatic carbocycles.